The molecule has 0 bridgehead atoms. The smallest absolute Gasteiger partial charge is 0.456 e. The van der Waals surface area contributed by atoms with Crippen molar-refractivity contribution in [1.82, 2.24) is 5.10 Å². The first-order valence-electron chi connectivity index (χ1n) is 8.06. The standard InChI is InChI=1S/C18H10ClF4N3O4/c19-13-5-6-14(29-11-1-3-12(4-2-11)30-18(21,22)23)15(16(13)20)17(27)25-10-7-8-24-26(28)9-10/h1-9H,(H-,24,25,27,28)/p+1. The number of nitrogens with one attached hydrogen (secondary N) is 2. The average Bonchev–Trinajstić information content (AvgIpc) is 2.65. The van der Waals surface area contributed by atoms with Gasteiger partial charge in [-0.3, -0.25) is 4.79 Å². The Bertz CT molecular complexity index is 1130. The van der Waals surface area contributed by atoms with E-state index in [0.29, 0.717) is 4.54 Å². The summed E-state index contributed by atoms with van der Waals surface area (Å²) < 4.78 is 60.8. The third-order valence-electron chi connectivity index (χ3n) is 3.55. The number of alkyl halides is 3. The Labute approximate surface area is 170 Å². The van der Waals surface area contributed by atoms with Crippen LogP contribution in [-0.4, -0.2) is 17.4 Å². The maximum atomic E-state index is 14.6. The van der Waals surface area contributed by atoms with Gasteiger partial charge in [-0.2, -0.15) is 0 Å². The molecule has 0 radical (unpaired) electrons. The van der Waals surface area contributed by atoms with Crippen LogP contribution in [0.15, 0.2) is 54.9 Å². The van der Waals surface area contributed by atoms with E-state index in [9.17, 15) is 27.3 Å². The van der Waals surface area contributed by atoms with Gasteiger partial charge in [-0.15, -0.1) is 18.3 Å². The molecule has 3 rings (SSSR count). The third-order valence-corrected chi connectivity index (χ3v) is 3.84. The zero-order valence-electron chi connectivity index (χ0n) is 14.7. The Morgan fingerprint density at radius 3 is 2.37 bits per heavy atom. The van der Waals surface area contributed by atoms with Gasteiger partial charge in [-0.25, -0.2) is 4.39 Å². The minimum absolute atomic E-state index is 0.00649. The van der Waals surface area contributed by atoms with Crippen molar-refractivity contribution in [3.05, 3.63) is 76.2 Å². The van der Waals surface area contributed by atoms with Gasteiger partial charge in [0, 0.05) is 0 Å². The van der Waals surface area contributed by atoms with Gasteiger partial charge in [0.05, 0.1) is 16.1 Å². The highest BCUT2D eigenvalue weighted by atomic mass is 35.5. The van der Waals surface area contributed by atoms with Crippen LogP contribution >= 0.6 is 11.6 Å². The van der Waals surface area contributed by atoms with Crippen LogP contribution < -0.4 is 19.3 Å². The monoisotopic (exact) mass is 444 g/mol. The van der Waals surface area contributed by atoms with Gasteiger partial charge < -0.3 is 14.8 Å². The predicted octanol–water partition coefficient (Wildman–Crippen LogP) is 4.66. The molecule has 7 nitrogen and oxygen atoms in total. The molecule has 1 aromatic heterocycles. The molecule has 12 heteroatoms. The molecule has 0 aliphatic heterocycles. The highest BCUT2D eigenvalue weighted by molar-refractivity contribution is 6.31. The normalized spacial score (nSPS) is 11.1. The van der Waals surface area contributed by atoms with Crippen molar-refractivity contribution in [3.8, 4) is 17.2 Å². The van der Waals surface area contributed by atoms with Crippen LogP contribution in [0.3, 0.4) is 0 Å². The summed E-state index contributed by atoms with van der Waals surface area (Å²) in [6, 6.07) is 7.98. The Morgan fingerprint density at radius 2 is 1.73 bits per heavy atom. The number of aromatic amines is 1. The molecular formula is C18H11ClF4N3O4+. The first-order valence-corrected chi connectivity index (χ1v) is 8.44. The molecule has 2 N–H and O–H groups in total. The quantitative estimate of drug-likeness (QED) is 0.442. The number of nitrogens with zero attached hydrogens (tertiary/aromatic N) is 1. The second-order valence-corrected chi connectivity index (χ2v) is 6.09. The zero-order valence-corrected chi connectivity index (χ0v) is 15.4. The van der Waals surface area contributed by atoms with E-state index in [1.165, 1.54) is 18.3 Å². The number of aromatic nitrogens is 2. The van der Waals surface area contributed by atoms with Gasteiger partial charge in [-0.1, -0.05) is 11.6 Å². The average molecular weight is 445 g/mol. The highest BCUT2D eigenvalue weighted by Gasteiger charge is 2.31. The molecule has 3 aromatic rings. The first-order chi connectivity index (χ1) is 14.1. The van der Waals surface area contributed by atoms with E-state index in [0.717, 1.165) is 36.5 Å². The van der Waals surface area contributed by atoms with Crippen LogP contribution in [-0.2, 0) is 0 Å². The second-order valence-electron chi connectivity index (χ2n) is 5.68. The molecule has 0 aliphatic carbocycles. The number of amides is 1. The summed E-state index contributed by atoms with van der Waals surface area (Å²) in [6.07, 6.45) is -2.61. The van der Waals surface area contributed by atoms with Gasteiger partial charge in [0.2, 0.25) is 0 Å². The van der Waals surface area contributed by atoms with E-state index in [1.807, 2.05) is 0 Å². The molecule has 156 valence electrons. The molecule has 0 spiro atoms. The number of benzene rings is 2. The SMILES string of the molecule is O=C(Nc1cc[nH][n+](=O)c1)c1c(Oc2ccc(OC(F)(F)F)cc2)ccc(Cl)c1F. The van der Waals surface area contributed by atoms with E-state index in [4.69, 9.17) is 16.3 Å². The van der Waals surface area contributed by atoms with Crippen molar-refractivity contribution >= 4 is 23.2 Å². The summed E-state index contributed by atoms with van der Waals surface area (Å²) in [5.41, 5.74) is -0.504. The number of carbonyl (C=O) groups excluding carboxylic acids is 1. The van der Waals surface area contributed by atoms with Crippen LogP contribution in [0.2, 0.25) is 5.02 Å². The molecular weight excluding hydrogens is 434 g/mol. The number of H-pyrrole nitrogens is 1. The number of carbonyl (C=O) groups is 1. The zero-order chi connectivity index (χ0) is 21.9. The number of hydrogen-bond acceptors (Lipinski definition) is 4. The summed E-state index contributed by atoms with van der Waals surface area (Å²) in [6.45, 7) is 0. The third kappa shape index (κ3) is 5.26. The number of anilines is 1. The summed E-state index contributed by atoms with van der Waals surface area (Å²) >= 11 is 5.75. The molecule has 1 amide bonds. The number of ether oxygens (including phenoxy) is 2. The van der Waals surface area contributed by atoms with Gasteiger partial charge in [0.1, 0.15) is 28.5 Å². The summed E-state index contributed by atoms with van der Waals surface area (Å²) in [5, 5.41) is 4.24. The molecule has 30 heavy (non-hydrogen) atoms. The fourth-order valence-electron chi connectivity index (χ4n) is 2.34. The Kier molecular flexibility index (Phi) is 5.92. The fraction of sp³-hybridized carbons (Fsp3) is 0.0556. The maximum Gasteiger partial charge on any atom is 0.573 e. The second kappa shape index (κ2) is 8.41. The van der Waals surface area contributed by atoms with Crippen molar-refractivity contribution in [2.24, 2.45) is 0 Å². The molecule has 0 saturated carbocycles. The highest BCUT2D eigenvalue weighted by Crippen LogP contribution is 2.33. The molecule has 0 saturated heterocycles. The van der Waals surface area contributed by atoms with Crippen LogP contribution in [0.25, 0.3) is 0 Å². The largest absolute Gasteiger partial charge is 0.573 e. The predicted molar refractivity (Wildman–Crippen MR) is 96.7 cm³/mol. The lowest BCUT2D eigenvalue weighted by Gasteiger charge is -2.13. The molecule has 0 atom stereocenters. The topological polar surface area (TPSA) is 86.3 Å². The summed E-state index contributed by atoms with van der Waals surface area (Å²) in [4.78, 5) is 23.8. The van der Waals surface area contributed by atoms with Crippen LogP contribution in [0.4, 0.5) is 23.2 Å². The van der Waals surface area contributed by atoms with Crippen LogP contribution in [0.1, 0.15) is 10.4 Å². The Morgan fingerprint density at radius 1 is 1.07 bits per heavy atom. The van der Waals surface area contributed by atoms with Crippen molar-refractivity contribution < 1.29 is 36.4 Å². The summed E-state index contributed by atoms with van der Waals surface area (Å²) in [7, 11) is 0. The number of rotatable bonds is 5. The van der Waals surface area contributed by atoms with E-state index in [1.54, 1.807) is 0 Å². The number of halogens is 5. The molecule has 0 aliphatic rings. The maximum absolute atomic E-state index is 14.6. The van der Waals surface area contributed by atoms with Gasteiger partial charge in [0.15, 0.2) is 10.4 Å². The molecule has 1 heterocycles. The Balaban J connectivity index is 1.87. The van der Waals surface area contributed by atoms with E-state index in [2.05, 4.69) is 15.2 Å². The number of hydrogen-bond donors (Lipinski definition) is 2. The molecule has 0 fully saturated rings. The lowest BCUT2D eigenvalue weighted by Crippen LogP contribution is -2.21. The van der Waals surface area contributed by atoms with Crippen molar-refractivity contribution in [2.45, 2.75) is 6.36 Å². The van der Waals surface area contributed by atoms with Crippen molar-refractivity contribution in [2.75, 3.05) is 5.32 Å². The molecule has 0 unspecified atom stereocenters. The van der Waals surface area contributed by atoms with Gasteiger partial charge in [0.25, 0.3) is 12.1 Å². The minimum atomic E-state index is -4.86. The van der Waals surface area contributed by atoms with Crippen molar-refractivity contribution in [3.63, 3.8) is 0 Å². The van der Waals surface area contributed by atoms with Gasteiger partial charge in [-0.05, 0) is 42.5 Å². The summed E-state index contributed by atoms with van der Waals surface area (Å²) in [5.74, 6) is -2.78. The first kappa shape index (κ1) is 21.1. The van der Waals surface area contributed by atoms with Crippen LogP contribution in [0.5, 0.6) is 17.2 Å². The van der Waals surface area contributed by atoms with E-state index in [-0.39, 0.29) is 22.2 Å². The van der Waals surface area contributed by atoms with Crippen LogP contribution in [0, 0.1) is 10.7 Å². The van der Waals surface area contributed by atoms with Crippen molar-refractivity contribution in [1.29, 1.82) is 0 Å². The lowest BCUT2D eigenvalue weighted by atomic mass is 10.1. The fourth-order valence-corrected chi connectivity index (χ4v) is 2.50. The Hall–Kier alpha value is -3.60. The van der Waals surface area contributed by atoms with Gasteiger partial charge >= 0.3 is 6.36 Å². The van der Waals surface area contributed by atoms with E-state index >= 15 is 0 Å². The minimum Gasteiger partial charge on any atom is -0.456 e. The van der Waals surface area contributed by atoms with E-state index < -0.39 is 29.4 Å². The molecule has 2 aromatic carbocycles. The lowest BCUT2D eigenvalue weighted by molar-refractivity contribution is -0.563.